The van der Waals surface area contributed by atoms with Gasteiger partial charge in [0.2, 0.25) is 0 Å². The lowest BCUT2D eigenvalue weighted by atomic mass is 10.2. The van der Waals surface area contributed by atoms with Crippen LogP contribution in [-0.2, 0) is 30.3 Å². The SMILES string of the molecule is CC(C)(C)[Si](C)(C)O[C@H]1C[C@H](n2cnc3c(N)ncnc32)O[C@@H]1COS(=O)(=O)NC(=O)c1ccccc1OCc1ccccc1.CCN(CC)CC. The third kappa shape index (κ3) is 10.6. The van der Waals surface area contributed by atoms with Gasteiger partial charge in [0.15, 0.2) is 19.8 Å². The lowest BCUT2D eigenvalue weighted by Crippen LogP contribution is -2.47. The number of nitrogens with two attached hydrogens (primary N) is 1. The number of rotatable bonds is 14. The molecule has 0 unspecified atom stereocenters. The van der Waals surface area contributed by atoms with Gasteiger partial charge in [0, 0.05) is 6.42 Å². The molecule has 0 aliphatic carbocycles. The number of imidazole rings is 1. The molecule has 0 radical (unpaired) electrons. The van der Waals surface area contributed by atoms with E-state index < -0.39 is 49.6 Å². The Morgan fingerprint density at radius 2 is 1.67 bits per heavy atom. The van der Waals surface area contributed by atoms with Gasteiger partial charge < -0.3 is 24.5 Å². The number of nitrogens with one attached hydrogen (secondary N) is 1. The van der Waals surface area contributed by atoms with Crippen LogP contribution in [0.15, 0.2) is 67.3 Å². The Hall–Kier alpha value is -3.93. The van der Waals surface area contributed by atoms with E-state index >= 15 is 0 Å². The number of nitrogens with zero attached hydrogens (tertiary/aromatic N) is 5. The molecule has 16 heteroatoms. The summed E-state index contributed by atoms with van der Waals surface area (Å²) in [6, 6.07) is 15.8. The maximum atomic E-state index is 13.1. The number of hydrogen-bond donors (Lipinski definition) is 2. The smallest absolute Gasteiger partial charge is 0.362 e. The molecule has 2 aromatic heterocycles. The molecule has 14 nitrogen and oxygen atoms in total. The Morgan fingerprint density at radius 3 is 2.31 bits per heavy atom. The van der Waals surface area contributed by atoms with E-state index in [4.69, 9.17) is 23.8 Å². The van der Waals surface area contributed by atoms with E-state index in [0.29, 0.717) is 17.6 Å². The molecule has 4 aromatic rings. The van der Waals surface area contributed by atoms with E-state index in [2.05, 4.69) is 74.5 Å². The number of para-hydroxylation sites is 1. The molecule has 1 saturated heterocycles. The van der Waals surface area contributed by atoms with Crippen LogP contribution in [0, 0.1) is 0 Å². The molecule has 1 aliphatic rings. The summed E-state index contributed by atoms with van der Waals surface area (Å²) in [5, 5.41) is -0.115. The Kier molecular flexibility index (Phi) is 13.9. The first kappa shape index (κ1) is 40.8. The molecule has 5 rings (SSSR count). The molecule has 3 atom stereocenters. The zero-order valence-corrected chi connectivity index (χ0v) is 33.2. The Labute approximate surface area is 308 Å². The fourth-order valence-corrected chi connectivity index (χ4v) is 7.39. The fraction of sp³-hybridized carbons (Fsp3) is 0.500. The van der Waals surface area contributed by atoms with Crippen LogP contribution in [0.4, 0.5) is 5.82 Å². The summed E-state index contributed by atoms with van der Waals surface area (Å²) in [6.45, 7) is 20.5. The standard InChI is InChI=1S/C30H38N6O7SSi.C6H15N/c1-30(2,3)45(4,5)43-23-15-25(36-19-34-26-27(31)32-18-33-28(26)36)42-24(23)17-41-44(38,39)35-29(37)21-13-9-10-14-22(21)40-16-20-11-7-6-8-12-20;1-4-7(5-2)6-3/h6-14,18-19,23-25H,15-17H2,1-5H3,(H,35,37)(H2,31,32,33);4-6H2,1-3H3/t23-,24+,25+;/m0./s1. The molecule has 284 valence electrons. The van der Waals surface area contributed by atoms with Crippen molar-refractivity contribution < 1.29 is 31.3 Å². The first-order chi connectivity index (χ1) is 24.6. The van der Waals surface area contributed by atoms with E-state index in [1.807, 2.05) is 35.1 Å². The number of aromatic nitrogens is 4. The molecule has 0 spiro atoms. The molecule has 1 fully saturated rings. The Morgan fingerprint density at radius 1 is 1.02 bits per heavy atom. The molecule has 52 heavy (non-hydrogen) atoms. The van der Waals surface area contributed by atoms with Crippen molar-refractivity contribution in [1.29, 1.82) is 0 Å². The van der Waals surface area contributed by atoms with Gasteiger partial charge in [0.1, 0.15) is 36.5 Å². The molecule has 0 saturated carbocycles. The minimum atomic E-state index is -4.54. The minimum absolute atomic E-state index is 0.0465. The van der Waals surface area contributed by atoms with Gasteiger partial charge in [-0.15, -0.1) is 0 Å². The second kappa shape index (κ2) is 17.7. The molecule has 1 amide bonds. The number of carbonyl (C=O) groups excluding carboxylic acids is 1. The number of hydrogen-bond acceptors (Lipinski definition) is 12. The van der Waals surface area contributed by atoms with Gasteiger partial charge in [-0.1, -0.05) is 84.0 Å². The molecule has 3 heterocycles. The summed E-state index contributed by atoms with van der Waals surface area (Å²) in [7, 11) is -6.86. The molecule has 1 aliphatic heterocycles. The fourth-order valence-electron chi connectivity index (χ4n) is 5.32. The van der Waals surface area contributed by atoms with Crippen LogP contribution in [-0.4, -0.2) is 85.5 Å². The second-order valence-corrected chi connectivity index (χ2v) is 20.0. The van der Waals surface area contributed by atoms with E-state index in [-0.39, 0.29) is 28.8 Å². The van der Waals surface area contributed by atoms with Crippen molar-refractivity contribution in [2.24, 2.45) is 0 Å². The van der Waals surface area contributed by atoms with Gasteiger partial charge >= 0.3 is 10.3 Å². The summed E-state index contributed by atoms with van der Waals surface area (Å²) in [5.41, 5.74) is 7.82. The van der Waals surface area contributed by atoms with E-state index in [1.165, 1.54) is 32.0 Å². The van der Waals surface area contributed by atoms with E-state index in [0.717, 1.165) is 5.56 Å². The molecule has 3 N–H and O–H groups in total. The highest BCUT2D eigenvalue weighted by Gasteiger charge is 2.46. The van der Waals surface area contributed by atoms with Gasteiger partial charge in [-0.3, -0.25) is 13.5 Å². The summed E-state index contributed by atoms with van der Waals surface area (Å²) in [5.74, 6) is -0.421. The Balaban J connectivity index is 0.000000785. The Bertz CT molecular complexity index is 1860. The van der Waals surface area contributed by atoms with Crippen molar-refractivity contribution in [3.05, 3.63) is 78.4 Å². The molecular weight excluding hydrogens is 703 g/mol. The van der Waals surface area contributed by atoms with Crippen molar-refractivity contribution in [2.45, 2.75) is 91.1 Å². The number of ether oxygens (including phenoxy) is 2. The maximum absolute atomic E-state index is 13.1. The number of benzene rings is 2. The van der Waals surface area contributed by atoms with Crippen molar-refractivity contribution in [3.8, 4) is 5.75 Å². The first-order valence-electron chi connectivity index (χ1n) is 17.5. The van der Waals surface area contributed by atoms with Crippen molar-refractivity contribution in [1.82, 2.24) is 29.1 Å². The van der Waals surface area contributed by atoms with Gasteiger partial charge in [-0.2, -0.15) is 8.42 Å². The van der Waals surface area contributed by atoms with Gasteiger partial charge in [0.25, 0.3) is 5.91 Å². The summed E-state index contributed by atoms with van der Waals surface area (Å²) in [6.07, 6.45) is 1.41. The third-order valence-electron chi connectivity index (χ3n) is 9.45. The van der Waals surface area contributed by atoms with Crippen LogP contribution in [0.25, 0.3) is 11.2 Å². The van der Waals surface area contributed by atoms with Crippen molar-refractivity contribution >= 4 is 41.5 Å². The quantitative estimate of drug-likeness (QED) is 0.151. The summed E-state index contributed by atoms with van der Waals surface area (Å²) >= 11 is 0. The van der Waals surface area contributed by atoms with Crippen LogP contribution in [0.3, 0.4) is 0 Å². The van der Waals surface area contributed by atoms with Crippen LogP contribution < -0.4 is 15.2 Å². The van der Waals surface area contributed by atoms with Gasteiger partial charge in [0.05, 0.1) is 24.6 Å². The molecule has 2 aromatic carbocycles. The normalized spacial score (nSPS) is 17.9. The highest BCUT2D eigenvalue weighted by atomic mass is 32.2. The zero-order chi connectivity index (χ0) is 38.1. The highest BCUT2D eigenvalue weighted by Crippen LogP contribution is 2.41. The topological polar surface area (TPSA) is 173 Å². The largest absolute Gasteiger partial charge is 0.488 e. The third-order valence-corrected chi connectivity index (χ3v) is 14.8. The second-order valence-electron chi connectivity index (χ2n) is 13.9. The predicted molar refractivity (Wildman–Crippen MR) is 203 cm³/mol. The lowest BCUT2D eigenvalue weighted by molar-refractivity contribution is -0.0351. The van der Waals surface area contributed by atoms with Crippen LogP contribution >= 0.6 is 0 Å². The van der Waals surface area contributed by atoms with Crippen LogP contribution in [0.5, 0.6) is 5.75 Å². The van der Waals surface area contributed by atoms with Crippen molar-refractivity contribution in [2.75, 3.05) is 32.0 Å². The van der Waals surface area contributed by atoms with E-state index in [9.17, 15) is 13.2 Å². The van der Waals surface area contributed by atoms with Crippen LogP contribution in [0.2, 0.25) is 18.1 Å². The average molecular weight is 756 g/mol. The highest BCUT2D eigenvalue weighted by molar-refractivity contribution is 7.85. The number of amides is 1. The number of carbonyl (C=O) groups is 1. The van der Waals surface area contributed by atoms with Crippen LogP contribution in [0.1, 0.15) is 70.1 Å². The van der Waals surface area contributed by atoms with Gasteiger partial charge in [-0.05, 0) is 55.5 Å². The lowest BCUT2D eigenvalue weighted by Gasteiger charge is -2.39. The number of anilines is 1. The van der Waals surface area contributed by atoms with E-state index in [1.54, 1.807) is 29.1 Å². The number of fused-ring (bicyclic) bond motifs is 1. The predicted octanol–water partition coefficient (Wildman–Crippen LogP) is 5.70. The zero-order valence-electron chi connectivity index (χ0n) is 31.4. The summed E-state index contributed by atoms with van der Waals surface area (Å²) < 4.78 is 53.8. The summed E-state index contributed by atoms with van der Waals surface area (Å²) in [4.78, 5) is 28.1. The molecular formula is C36H53N7O7SSi. The average Bonchev–Trinajstić information content (AvgIpc) is 3.72. The van der Waals surface area contributed by atoms with Crippen molar-refractivity contribution in [3.63, 3.8) is 0 Å². The number of nitrogen functional groups attached to an aromatic ring is 1. The minimum Gasteiger partial charge on any atom is -0.488 e. The van der Waals surface area contributed by atoms with Gasteiger partial charge in [-0.25, -0.2) is 19.7 Å². The maximum Gasteiger partial charge on any atom is 0.362 e. The first-order valence-corrected chi connectivity index (χ1v) is 21.9. The monoisotopic (exact) mass is 755 g/mol. The molecule has 0 bridgehead atoms.